The molecule has 1 aromatic heterocycles. The van der Waals surface area contributed by atoms with E-state index in [2.05, 4.69) is 43.2 Å². The van der Waals surface area contributed by atoms with Crippen LogP contribution in [0.4, 0.5) is 5.82 Å². The summed E-state index contributed by atoms with van der Waals surface area (Å²) in [5.41, 5.74) is 9.01. The summed E-state index contributed by atoms with van der Waals surface area (Å²) in [6, 6.07) is 0.430. The Kier molecular flexibility index (Phi) is 5.14. The Balaban J connectivity index is 2.37. The van der Waals surface area contributed by atoms with Crippen LogP contribution in [-0.4, -0.2) is 21.2 Å². The van der Waals surface area contributed by atoms with Gasteiger partial charge in [0.2, 0.25) is 0 Å². The molecule has 1 fully saturated rings. The fourth-order valence-corrected chi connectivity index (χ4v) is 3.50. The van der Waals surface area contributed by atoms with Crippen LogP contribution in [0.15, 0.2) is 0 Å². The third kappa shape index (κ3) is 3.18. The molecule has 0 spiro atoms. The normalized spacial score (nSPS) is 25.0. The van der Waals surface area contributed by atoms with Crippen LogP contribution in [0.1, 0.15) is 57.4 Å². The lowest BCUT2D eigenvalue weighted by molar-refractivity contribution is 0.435. The smallest absolute Gasteiger partial charge is 0.159 e. The Morgan fingerprint density at radius 1 is 1.24 bits per heavy atom. The Bertz CT molecular complexity index is 529. The molecule has 0 radical (unpaired) electrons. The van der Waals surface area contributed by atoms with Crippen LogP contribution in [0.5, 0.6) is 0 Å². The highest BCUT2D eigenvalue weighted by molar-refractivity contribution is 7.80. The third-order valence-electron chi connectivity index (χ3n) is 4.88. The van der Waals surface area contributed by atoms with Gasteiger partial charge in [-0.2, -0.15) is 5.10 Å². The van der Waals surface area contributed by atoms with Crippen molar-refractivity contribution in [2.24, 2.45) is 17.6 Å². The molecule has 2 rings (SSSR count). The van der Waals surface area contributed by atoms with Crippen LogP contribution in [-0.2, 0) is 12.8 Å². The second-order valence-corrected chi connectivity index (χ2v) is 6.52. The summed E-state index contributed by atoms with van der Waals surface area (Å²) in [6.45, 7) is 8.80. The lowest BCUT2D eigenvalue weighted by Gasteiger charge is -2.23. The predicted octanol–water partition coefficient (Wildman–Crippen LogP) is 3.08. The average Bonchev–Trinajstić information content (AvgIpc) is 2.78. The summed E-state index contributed by atoms with van der Waals surface area (Å²) < 4.78 is 0. The Morgan fingerprint density at radius 2 is 1.95 bits per heavy atom. The second-order valence-electron chi connectivity index (χ2n) is 6.08. The van der Waals surface area contributed by atoms with Crippen molar-refractivity contribution in [3.63, 3.8) is 0 Å². The first-order valence-corrected chi connectivity index (χ1v) is 8.35. The van der Waals surface area contributed by atoms with Gasteiger partial charge in [0.1, 0.15) is 4.99 Å². The number of nitrogens with zero attached hydrogens (tertiary/aromatic N) is 2. The van der Waals surface area contributed by atoms with Crippen LogP contribution >= 0.6 is 12.2 Å². The zero-order valence-corrected chi connectivity index (χ0v) is 14.3. The molecule has 0 amide bonds. The first-order valence-electron chi connectivity index (χ1n) is 7.94. The van der Waals surface area contributed by atoms with E-state index in [9.17, 15) is 0 Å². The van der Waals surface area contributed by atoms with Crippen molar-refractivity contribution in [3.8, 4) is 0 Å². The summed E-state index contributed by atoms with van der Waals surface area (Å²) >= 11 is 5.27. The van der Waals surface area contributed by atoms with Crippen molar-refractivity contribution in [2.75, 3.05) is 5.32 Å². The predicted molar refractivity (Wildman–Crippen MR) is 91.6 cm³/mol. The minimum Gasteiger partial charge on any atom is -0.389 e. The zero-order chi connectivity index (χ0) is 15.6. The summed E-state index contributed by atoms with van der Waals surface area (Å²) in [7, 11) is 0. The highest BCUT2D eigenvalue weighted by Crippen LogP contribution is 2.34. The maximum atomic E-state index is 5.97. The number of anilines is 1. The highest BCUT2D eigenvalue weighted by atomic mass is 32.1. The van der Waals surface area contributed by atoms with Gasteiger partial charge < -0.3 is 11.1 Å². The molecule has 0 saturated heterocycles. The fraction of sp³-hybridized carbons (Fsp3) is 0.688. The minimum atomic E-state index is 0.414. The van der Waals surface area contributed by atoms with Crippen LogP contribution < -0.4 is 11.1 Å². The van der Waals surface area contributed by atoms with E-state index in [4.69, 9.17) is 18.0 Å². The van der Waals surface area contributed by atoms with Gasteiger partial charge in [-0.15, -0.1) is 5.10 Å². The van der Waals surface area contributed by atoms with Gasteiger partial charge in [0.15, 0.2) is 5.82 Å². The number of nitrogens with two attached hydrogens (primary N) is 1. The van der Waals surface area contributed by atoms with E-state index >= 15 is 0 Å². The molecule has 4 nitrogen and oxygen atoms in total. The van der Waals surface area contributed by atoms with E-state index in [1.54, 1.807) is 0 Å². The number of thiocarbonyl (C=S) groups is 1. The van der Waals surface area contributed by atoms with Gasteiger partial charge >= 0.3 is 0 Å². The van der Waals surface area contributed by atoms with E-state index in [1.165, 1.54) is 6.42 Å². The summed E-state index contributed by atoms with van der Waals surface area (Å²) in [5, 5.41) is 12.3. The van der Waals surface area contributed by atoms with Crippen molar-refractivity contribution in [3.05, 3.63) is 16.8 Å². The van der Waals surface area contributed by atoms with E-state index in [1.807, 2.05) is 0 Å². The van der Waals surface area contributed by atoms with E-state index in [0.29, 0.717) is 16.9 Å². The topological polar surface area (TPSA) is 63.8 Å². The maximum absolute atomic E-state index is 5.97. The molecule has 5 heteroatoms. The fourth-order valence-electron chi connectivity index (χ4n) is 3.28. The van der Waals surface area contributed by atoms with E-state index in [-0.39, 0.29) is 0 Å². The molecule has 1 aliphatic rings. The molecule has 1 aromatic rings. The molecule has 3 unspecified atom stereocenters. The molecule has 0 bridgehead atoms. The third-order valence-corrected chi connectivity index (χ3v) is 5.08. The van der Waals surface area contributed by atoms with Crippen LogP contribution in [0.2, 0.25) is 0 Å². The second kappa shape index (κ2) is 6.69. The molecule has 3 N–H and O–H groups in total. The van der Waals surface area contributed by atoms with Crippen molar-refractivity contribution < 1.29 is 0 Å². The lowest BCUT2D eigenvalue weighted by Crippen LogP contribution is -2.28. The molecule has 1 saturated carbocycles. The molecule has 1 aliphatic carbocycles. The van der Waals surface area contributed by atoms with Crippen molar-refractivity contribution in [1.29, 1.82) is 0 Å². The lowest BCUT2D eigenvalue weighted by atomic mass is 9.97. The molecule has 3 atom stereocenters. The van der Waals surface area contributed by atoms with Gasteiger partial charge in [-0.05, 0) is 43.1 Å². The summed E-state index contributed by atoms with van der Waals surface area (Å²) in [4.78, 5) is 0.414. The van der Waals surface area contributed by atoms with Gasteiger partial charge in [0.05, 0.1) is 11.3 Å². The number of nitrogens with one attached hydrogen (secondary N) is 1. The number of hydrogen-bond donors (Lipinski definition) is 2. The van der Waals surface area contributed by atoms with Crippen molar-refractivity contribution in [2.45, 2.75) is 59.4 Å². The maximum Gasteiger partial charge on any atom is 0.159 e. The Hall–Kier alpha value is -1.23. The minimum absolute atomic E-state index is 0.414. The highest BCUT2D eigenvalue weighted by Gasteiger charge is 2.31. The molecule has 0 aliphatic heterocycles. The van der Waals surface area contributed by atoms with Gasteiger partial charge in [-0.25, -0.2) is 0 Å². The zero-order valence-electron chi connectivity index (χ0n) is 13.4. The number of rotatable bonds is 5. The van der Waals surface area contributed by atoms with Crippen LogP contribution in [0, 0.1) is 11.8 Å². The van der Waals surface area contributed by atoms with E-state index in [0.717, 1.165) is 47.8 Å². The molecule has 1 heterocycles. The van der Waals surface area contributed by atoms with Gasteiger partial charge in [-0.3, -0.25) is 0 Å². The Labute approximate surface area is 132 Å². The molecule has 116 valence electrons. The average molecular weight is 306 g/mol. The Morgan fingerprint density at radius 3 is 2.43 bits per heavy atom. The SMILES string of the molecule is CCc1nnc(NC2CCC(C)C2C)c(C(N)=S)c1CC. The standard InChI is InChI=1S/C16H26N4S/c1-5-11-12(6-2)19-20-16(14(11)15(17)21)18-13-8-7-9(3)10(13)4/h9-10,13H,5-8H2,1-4H3,(H2,17,21)(H,18,20). The monoisotopic (exact) mass is 306 g/mol. The van der Waals surface area contributed by atoms with Gasteiger partial charge in [0, 0.05) is 6.04 Å². The van der Waals surface area contributed by atoms with Gasteiger partial charge in [0.25, 0.3) is 0 Å². The summed E-state index contributed by atoms with van der Waals surface area (Å²) in [6.07, 6.45) is 4.14. The van der Waals surface area contributed by atoms with Crippen LogP contribution in [0.3, 0.4) is 0 Å². The quantitative estimate of drug-likeness (QED) is 0.819. The van der Waals surface area contributed by atoms with Crippen LogP contribution in [0.25, 0.3) is 0 Å². The molecular weight excluding hydrogens is 280 g/mol. The first kappa shape index (κ1) is 16.1. The molecule has 0 aromatic carbocycles. The first-order chi connectivity index (χ1) is 9.99. The van der Waals surface area contributed by atoms with Crippen molar-refractivity contribution >= 4 is 23.0 Å². The van der Waals surface area contributed by atoms with Gasteiger partial charge in [-0.1, -0.05) is 39.9 Å². The van der Waals surface area contributed by atoms with Crippen molar-refractivity contribution in [1.82, 2.24) is 10.2 Å². The molecule has 21 heavy (non-hydrogen) atoms. The number of aryl methyl sites for hydroxylation is 1. The van der Waals surface area contributed by atoms with E-state index < -0.39 is 0 Å². The largest absolute Gasteiger partial charge is 0.389 e. The molecular formula is C16H26N4S. The number of aromatic nitrogens is 2. The number of hydrogen-bond acceptors (Lipinski definition) is 4. The summed E-state index contributed by atoms with van der Waals surface area (Å²) in [5.74, 6) is 2.13.